The van der Waals surface area contributed by atoms with Gasteiger partial charge in [-0.1, -0.05) is 22.4 Å². The topological polar surface area (TPSA) is 55.1 Å². The van der Waals surface area contributed by atoms with E-state index in [9.17, 15) is 4.79 Å². The van der Waals surface area contributed by atoms with Crippen LogP contribution < -0.4 is 11.1 Å². The third kappa shape index (κ3) is 2.59. The largest absolute Gasteiger partial charge is 0.327 e. The predicted octanol–water partition coefficient (Wildman–Crippen LogP) is 3.21. The number of hydrogen-bond donors (Lipinski definition) is 2. The van der Waals surface area contributed by atoms with Crippen molar-refractivity contribution in [1.82, 2.24) is 0 Å². The zero-order valence-corrected chi connectivity index (χ0v) is 12.4. The van der Waals surface area contributed by atoms with Crippen LogP contribution in [0.15, 0.2) is 22.7 Å². The van der Waals surface area contributed by atoms with Gasteiger partial charge < -0.3 is 11.1 Å². The molecule has 1 aromatic carbocycles. The maximum atomic E-state index is 12.4. The fourth-order valence-electron chi connectivity index (χ4n) is 2.56. The molecule has 1 aromatic rings. The SMILES string of the molecule is Cc1cc(Br)cc(NC(=O)C2(C)CCCC2N)c1. The Morgan fingerprint density at radius 3 is 2.78 bits per heavy atom. The zero-order valence-electron chi connectivity index (χ0n) is 10.8. The molecule has 2 atom stereocenters. The summed E-state index contributed by atoms with van der Waals surface area (Å²) in [6.45, 7) is 3.97. The maximum absolute atomic E-state index is 12.4. The highest BCUT2D eigenvalue weighted by Crippen LogP contribution is 2.37. The molecule has 0 radical (unpaired) electrons. The molecule has 1 aliphatic carbocycles. The van der Waals surface area contributed by atoms with Crippen molar-refractivity contribution in [3.8, 4) is 0 Å². The number of halogens is 1. The third-order valence-corrected chi connectivity index (χ3v) is 4.31. The van der Waals surface area contributed by atoms with Gasteiger partial charge in [0.15, 0.2) is 0 Å². The summed E-state index contributed by atoms with van der Waals surface area (Å²) in [4.78, 5) is 12.4. The fourth-order valence-corrected chi connectivity index (χ4v) is 3.17. The molecule has 3 N–H and O–H groups in total. The van der Waals surface area contributed by atoms with Gasteiger partial charge in [0.1, 0.15) is 0 Å². The van der Waals surface area contributed by atoms with Gasteiger partial charge in [-0.15, -0.1) is 0 Å². The number of aryl methyl sites for hydroxylation is 1. The molecule has 98 valence electrons. The number of nitrogens with two attached hydrogens (primary N) is 1. The Labute approximate surface area is 116 Å². The molecule has 1 aliphatic rings. The van der Waals surface area contributed by atoms with Crippen LogP contribution in [0, 0.1) is 12.3 Å². The number of carbonyl (C=O) groups excluding carboxylic acids is 1. The van der Waals surface area contributed by atoms with Crippen LogP contribution >= 0.6 is 15.9 Å². The first kappa shape index (κ1) is 13.6. The number of rotatable bonds is 2. The van der Waals surface area contributed by atoms with E-state index in [1.807, 2.05) is 32.0 Å². The zero-order chi connectivity index (χ0) is 13.3. The van der Waals surface area contributed by atoms with Crippen molar-refractivity contribution in [2.75, 3.05) is 5.32 Å². The van der Waals surface area contributed by atoms with Crippen LogP contribution in [-0.2, 0) is 4.79 Å². The second-order valence-electron chi connectivity index (χ2n) is 5.39. The Balaban J connectivity index is 2.16. The van der Waals surface area contributed by atoms with E-state index in [1.54, 1.807) is 0 Å². The van der Waals surface area contributed by atoms with E-state index in [4.69, 9.17) is 5.73 Å². The van der Waals surface area contributed by atoms with Gasteiger partial charge in [0.25, 0.3) is 0 Å². The van der Waals surface area contributed by atoms with Crippen LogP contribution in [0.3, 0.4) is 0 Å². The second-order valence-corrected chi connectivity index (χ2v) is 6.30. The molecular weight excluding hydrogens is 292 g/mol. The Hall–Kier alpha value is -0.870. The Morgan fingerprint density at radius 1 is 1.50 bits per heavy atom. The standard InChI is InChI=1S/C14H19BrN2O/c1-9-6-10(15)8-11(7-9)17-13(18)14(2)5-3-4-12(14)16/h6-8,12H,3-5,16H2,1-2H3,(H,17,18). The molecule has 1 amide bonds. The minimum atomic E-state index is -0.434. The summed E-state index contributed by atoms with van der Waals surface area (Å²) >= 11 is 3.44. The lowest BCUT2D eigenvalue weighted by atomic mass is 9.84. The molecule has 0 spiro atoms. The van der Waals surface area contributed by atoms with Crippen molar-refractivity contribution in [3.05, 3.63) is 28.2 Å². The molecule has 1 fully saturated rings. The molecule has 0 saturated heterocycles. The number of nitrogens with one attached hydrogen (secondary N) is 1. The summed E-state index contributed by atoms with van der Waals surface area (Å²) in [6.07, 6.45) is 2.83. The Morgan fingerprint density at radius 2 is 2.22 bits per heavy atom. The molecule has 0 aromatic heterocycles. The van der Waals surface area contributed by atoms with Gasteiger partial charge in [0.05, 0.1) is 5.41 Å². The molecule has 2 unspecified atom stereocenters. The first-order valence-corrected chi connectivity index (χ1v) is 7.05. The predicted molar refractivity (Wildman–Crippen MR) is 77.4 cm³/mol. The number of benzene rings is 1. The van der Waals surface area contributed by atoms with Crippen molar-refractivity contribution < 1.29 is 4.79 Å². The normalized spacial score (nSPS) is 27.2. The molecule has 3 nitrogen and oxygen atoms in total. The summed E-state index contributed by atoms with van der Waals surface area (Å²) in [7, 11) is 0. The monoisotopic (exact) mass is 310 g/mol. The molecule has 1 saturated carbocycles. The summed E-state index contributed by atoms with van der Waals surface area (Å²) in [6, 6.07) is 5.85. The van der Waals surface area contributed by atoms with Gasteiger partial charge in [-0.05, 0) is 50.5 Å². The van der Waals surface area contributed by atoms with E-state index in [1.165, 1.54) is 0 Å². The number of anilines is 1. The van der Waals surface area contributed by atoms with Gasteiger partial charge in [-0.3, -0.25) is 4.79 Å². The van der Waals surface area contributed by atoms with Gasteiger partial charge in [-0.25, -0.2) is 0 Å². The number of amides is 1. The van der Waals surface area contributed by atoms with Gasteiger partial charge in [-0.2, -0.15) is 0 Å². The van der Waals surface area contributed by atoms with Gasteiger partial charge >= 0.3 is 0 Å². The third-order valence-electron chi connectivity index (χ3n) is 3.85. The minimum Gasteiger partial charge on any atom is -0.327 e. The maximum Gasteiger partial charge on any atom is 0.231 e. The highest BCUT2D eigenvalue weighted by Gasteiger charge is 2.42. The Kier molecular flexibility index (Phi) is 3.78. The van der Waals surface area contributed by atoms with E-state index in [-0.39, 0.29) is 11.9 Å². The van der Waals surface area contributed by atoms with Gasteiger partial charge in [0.2, 0.25) is 5.91 Å². The van der Waals surface area contributed by atoms with E-state index >= 15 is 0 Å². The molecular formula is C14H19BrN2O. The van der Waals surface area contributed by atoms with Crippen LogP contribution in [0.4, 0.5) is 5.69 Å². The average Bonchev–Trinajstić information content (AvgIpc) is 2.59. The molecule has 0 bridgehead atoms. The quantitative estimate of drug-likeness (QED) is 0.881. The lowest BCUT2D eigenvalue weighted by Crippen LogP contribution is -2.44. The highest BCUT2D eigenvalue weighted by molar-refractivity contribution is 9.10. The van der Waals surface area contributed by atoms with Crippen LogP contribution in [0.2, 0.25) is 0 Å². The second kappa shape index (κ2) is 5.02. The van der Waals surface area contributed by atoms with Crippen LogP contribution in [0.1, 0.15) is 31.7 Å². The molecule has 18 heavy (non-hydrogen) atoms. The lowest BCUT2D eigenvalue weighted by Gasteiger charge is -2.27. The average molecular weight is 311 g/mol. The van der Waals surface area contributed by atoms with Crippen molar-refractivity contribution in [2.24, 2.45) is 11.1 Å². The molecule has 0 heterocycles. The number of hydrogen-bond acceptors (Lipinski definition) is 2. The highest BCUT2D eigenvalue weighted by atomic mass is 79.9. The molecule has 0 aliphatic heterocycles. The first-order chi connectivity index (χ1) is 8.41. The molecule has 2 rings (SSSR count). The summed E-state index contributed by atoms with van der Waals surface area (Å²) in [5, 5.41) is 2.99. The van der Waals surface area contributed by atoms with Crippen molar-refractivity contribution >= 4 is 27.5 Å². The summed E-state index contributed by atoms with van der Waals surface area (Å²) in [5.74, 6) is 0.0324. The van der Waals surface area contributed by atoms with Crippen LogP contribution in [-0.4, -0.2) is 11.9 Å². The van der Waals surface area contributed by atoms with Gasteiger partial charge in [0, 0.05) is 16.2 Å². The summed E-state index contributed by atoms with van der Waals surface area (Å²) in [5.41, 5.74) is 7.56. The Bertz CT molecular complexity index is 455. The fraction of sp³-hybridized carbons (Fsp3) is 0.500. The first-order valence-electron chi connectivity index (χ1n) is 6.26. The number of carbonyl (C=O) groups is 1. The van der Waals surface area contributed by atoms with Crippen LogP contribution in [0.5, 0.6) is 0 Å². The minimum absolute atomic E-state index is 0.0324. The van der Waals surface area contributed by atoms with E-state index in [2.05, 4.69) is 21.2 Å². The van der Waals surface area contributed by atoms with E-state index < -0.39 is 5.41 Å². The summed E-state index contributed by atoms with van der Waals surface area (Å²) < 4.78 is 0.971. The smallest absolute Gasteiger partial charge is 0.231 e. The van der Waals surface area contributed by atoms with Crippen molar-refractivity contribution in [3.63, 3.8) is 0 Å². The van der Waals surface area contributed by atoms with Crippen LogP contribution in [0.25, 0.3) is 0 Å². The van der Waals surface area contributed by atoms with E-state index in [0.717, 1.165) is 35.0 Å². The lowest BCUT2D eigenvalue weighted by molar-refractivity contribution is -0.125. The van der Waals surface area contributed by atoms with Crippen molar-refractivity contribution in [2.45, 2.75) is 39.2 Å². The molecule has 4 heteroatoms. The van der Waals surface area contributed by atoms with E-state index in [0.29, 0.717) is 0 Å². The van der Waals surface area contributed by atoms with Crippen molar-refractivity contribution in [1.29, 1.82) is 0 Å².